The van der Waals surface area contributed by atoms with Gasteiger partial charge in [0.2, 0.25) is 0 Å². The van der Waals surface area contributed by atoms with E-state index in [1.165, 1.54) is 41.1 Å². The maximum atomic E-state index is 4.46. The molecular formula is C19H25NP+. The summed E-state index contributed by atoms with van der Waals surface area (Å²) in [6.07, 6.45) is 8.18. The lowest BCUT2D eigenvalue weighted by Crippen LogP contribution is -2.12. The topological polar surface area (TPSA) is 3.24 Å². The molecule has 0 aliphatic rings. The van der Waals surface area contributed by atoms with Gasteiger partial charge >= 0.3 is 0 Å². The third-order valence-electron chi connectivity index (χ3n) is 3.70. The van der Waals surface area contributed by atoms with E-state index in [2.05, 4.69) is 80.7 Å². The first kappa shape index (κ1) is 15.8. The van der Waals surface area contributed by atoms with E-state index >= 15 is 0 Å². The molecule has 2 aromatic rings. The van der Waals surface area contributed by atoms with Crippen LogP contribution in [0.25, 0.3) is 11.1 Å². The second-order valence-electron chi connectivity index (χ2n) is 5.55. The predicted octanol–water partition coefficient (Wildman–Crippen LogP) is 4.76. The number of para-hydroxylation sites is 1. The van der Waals surface area contributed by atoms with Crippen LogP contribution >= 0.6 is 7.55 Å². The van der Waals surface area contributed by atoms with Gasteiger partial charge in [-0.3, -0.25) is 0 Å². The predicted molar refractivity (Wildman–Crippen MR) is 99.7 cm³/mol. The zero-order chi connectivity index (χ0) is 15.2. The fourth-order valence-electron chi connectivity index (χ4n) is 2.54. The van der Waals surface area contributed by atoms with Crippen molar-refractivity contribution >= 4 is 24.8 Å². The Morgan fingerprint density at radius 1 is 0.952 bits per heavy atom. The van der Waals surface area contributed by atoms with Crippen LogP contribution in [0.15, 0.2) is 48.5 Å². The molecule has 1 nitrogen and oxygen atoms in total. The molecule has 110 valence electrons. The quantitative estimate of drug-likeness (QED) is 0.695. The Morgan fingerprint density at radius 2 is 1.57 bits per heavy atom. The molecule has 0 aliphatic carbocycles. The monoisotopic (exact) mass is 298 g/mol. The Kier molecular flexibility index (Phi) is 5.59. The molecule has 2 aromatic carbocycles. The minimum Gasteiger partial charge on any atom is -0.377 e. The average molecular weight is 298 g/mol. The van der Waals surface area contributed by atoms with E-state index < -0.39 is 0 Å². The van der Waals surface area contributed by atoms with Gasteiger partial charge < -0.3 is 4.90 Å². The fraction of sp³-hybridized carbons (Fsp3) is 0.316. The van der Waals surface area contributed by atoms with Crippen molar-refractivity contribution in [2.24, 2.45) is 0 Å². The van der Waals surface area contributed by atoms with Crippen LogP contribution in [0, 0.1) is 0 Å². The van der Waals surface area contributed by atoms with Gasteiger partial charge in [-0.2, -0.15) is 0 Å². The number of nitrogens with zero attached hydrogens (tertiary/aromatic N) is 1. The molecule has 0 fully saturated rings. The average Bonchev–Trinajstić information content (AvgIpc) is 2.52. The lowest BCUT2D eigenvalue weighted by Gasteiger charge is -2.18. The lowest BCUT2D eigenvalue weighted by atomic mass is 10.0. The van der Waals surface area contributed by atoms with E-state index in [4.69, 9.17) is 0 Å². The van der Waals surface area contributed by atoms with Crippen LogP contribution in [-0.2, 0) is 0 Å². The summed E-state index contributed by atoms with van der Waals surface area (Å²) >= 11 is 0. The standard InChI is InChI=1S/C19H25NP/c1-5-6-15-21(4)19-14-10-8-12-17(19)16-11-7-9-13-18(16)20(2)3/h7-14H,4-6,15H2,1-3H3/q+1. The minimum atomic E-state index is -0.326. The third-order valence-corrected chi connectivity index (χ3v) is 5.63. The molecule has 0 N–H and O–H groups in total. The van der Waals surface area contributed by atoms with E-state index in [1.807, 2.05) is 0 Å². The van der Waals surface area contributed by atoms with Gasteiger partial charge in [-0.15, -0.1) is 0 Å². The highest BCUT2D eigenvalue weighted by molar-refractivity contribution is 7.64. The number of anilines is 1. The van der Waals surface area contributed by atoms with Gasteiger partial charge in [0.25, 0.3) is 0 Å². The first-order chi connectivity index (χ1) is 10.1. The minimum absolute atomic E-state index is 0.326. The molecule has 0 aliphatic heterocycles. The summed E-state index contributed by atoms with van der Waals surface area (Å²) in [5.74, 6) is 0. The maximum absolute atomic E-state index is 4.46. The van der Waals surface area contributed by atoms with Crippen LogP contribution in [0.2, 0.25) is 0 Å². The van der Waals surface area contributed by atoms with Gasteiger partial charge in [-0.25, -0.2) is 0 Å². The molecule has 0 radical (unpaired) electrons. The van der Waals surface area contributed by atoms with Crippen molar-refractivity contribution in [2.75, 3.05) is 25.2 Å². The van der Waals surface area contributed by atoms with E-state index in [0.29, 0.717) is 0 Å². The molecule has 1 unspecified atom stereocenters. The molecular weight excluding hydrogens is 273 g/mol. The first-order valence-electron chi connectivity index (χ1n) is 7.59. The number of benzene rings is 2. The van der Waals surface area contributed by atoms with E-state index in [1.54, 1.807) is 0 Å². The zero-order valence-corrected chi connectivity index (χ0v) is 14.2. The number of hydrogen-bond acceptors (Lipinski definition) is 1. The molecule has 0 saturated heterocycles. The van der Waals surface area contributed by atoms with Crippen LogP contribution in [0.3, 0.4) is 0 Å². The summed E-state index contributed by atoms with van der Waals surface area (Å²) in [5.41, 5.74) is 3.92. The van der Waals surface area contributed by atoms with Gasteiger partial charge in [0, 0.05) is 30.9 Å². The van der Waals surface area contributed by atoms with Gasteiger partial charge in [-0.1, -0.05) is 43.7 Å². The van der Waals surface area contributed by atoms with Gasteiger partial charge in [0.1, 0.15) is 13.7 Å². The fourth-order valence-corrected chi connectivity index (χ4v) is 4.31. The molecule has 0 aromatic heterocycles. The maximum Gasteiger partial charge on any atom is 0.155 e. The zero-order valence-electron chi connectivity index (χ0n) is 13.3. The first-order valence-corrected chi connectivity index (χ1v) is 9.30. The highest BCUT2D eigenvalue weighted by atomic mass is 31.1. The largest absolute Gasteiger partial charge is 0.377 e. The smallest absolute Gasteiger partial charge is 0.155 e. The van der Waals surface area contributed by atoms with E-state index in [-0.39, 0.29) is 7.55 Å². The van der Waals surface area contributed by atoms with Crippen molar-refractivity contribution in [1.82, 2.24) is 0 Å². The van der Waals surface area contributed by atoms with Crippen LogP contribution in [0.4, 0.5) is 5.69 Å². The molecule has 0 heterocycles. The van der Waals surface area contributed by atoms with Crippen molar-refractivity contribution in [1.29, 1.82) is 0 Å². The summed E-state index contributed by atoms with van der Waals surface area (Å²) in [5, 5.41) is 1.43. The van der Waals surface area contributed by atoms with Crippen LogP contribution < -0.4 is 10.2 Å². The Bertz CT molecular complexity index is 616. The molecule has 0 amide bonds. The summed E-state index contributed by atoms with van der Waals surface area (Å²) in [6, 6.07) is 17.4. The summed E-state index contributed by atoms with van der Waals surface area (Å²) in [7, 11) is 3.88. The van der Waals surface area contributed by atoms with Crippen LogP contribution in [0.1, 0.15) is 19.8 Å². The number of hydrogen-bond donors (Lipinski definition) is 0. The molecule has 2 rings (SSSR count). The second-order valence-corrected chi connectivity index (χ2v) is 7.55. The van der Waals surface area contributed by atoms with Gasteiger partial charge in [0.05, 0.1) is 6.30 Å². The summed E-state index contributed by atoms with van der Waals surface area (Å²) in [4.78, 5) is 2.18. The van der Waals surface area contributed by atoms with Gasteiger partial charge in [0.15, 0.2) is 5.30 Å². The Labute approximate surface area is 130 Å². The Morgan fingerprint density at radius 3 is 2.24 bits per heavy atom. The number of unbranched alkanes of at least 4 members (excludes halogenated alkanes) is 1. The van der Waals surface area contributed by atoms with Crippen LogP contribution in [0.5, 0.6) is 0 Å². The highest BCUT2D eigenvalue weighted by Gasteiger charge is 2.18. The van der Waals surface area contributed by atoms with Crippen LogP contribution in [-0.4, -0.2) is 26.6 Å². The molecule has 0 bridgehead atoms. The van der Waals surface area contributed by atoms with Crippen molar-refractivity contribution in [2.45, 2.75) is 19.8 Å². The molecule has 21 heavy (non-hydrogen) atoms. The SMILES string of the molecule is C=[P+](CCCC)c1ccccc1-c1ccccc1N(C)C. The second kappa shape index (κ2) is 7.43. The van der Waals surface area contributed by atoms with Crippen molar-refractivity contribution < 1.29 is 0 Å². The molecule has 2 heteroatoms. The van der Waals surface area contributed by atoms with E-state index in [9.17, 15) is 0 Å². The van der Waals surface area contributed by atoms with Crippen molar-refractivity contribution in [3.8, 4) is 11.1 Å². The molecule has 1 atom stereocenters. The summed E-state index contributed by atoms with van der Waals surface area (Å²) < 4.78 is 0. The van der Waals surface area contributed by atoms with Crippen molar-refractivity contribution in [3.05, 3.63) is 48.5 Å². The highest BCUT2D eigenvalue weighted by Crippen LogP contribution is 2.33. The van der Waals surface area contributed by atoms with Gasteiger partial charge in [-0.05, 0) is 24.6 Å². The Balaban J connectivity index is 2.48. The lowest BCUT2D eigenvalue weighted by molar-refractivity contribution is 0.895. The molecule has 0 spiro atoms. The normalized spacial score (nSPS) is 11.3. The third kappa shape index (κ3) is 3.74. The van der Waals surface area contributed by atoms with Crippen molar-refractivity contribution in [3.63, 3.8) is 0 Å². The Hall–Kier alpha value is -1.59. The van der Waals surface area contributed by atoms with E-state index in [0.717, 1.165) is 0 Å². The summed E-state index contributed by atoms with van der Waals surface area (Å²) in [6.45, 7) is 2.25. The number of rotatable bonds is 6. The molecule has 0 saturated carbocycles.